The van der Waals surface area contributed by atoms with E-state index in [1.807, 2.05) is 12.1 Å². The lowest BCUT2D eigenvalue weighted by molar-refractivity contribution is 1.41. The maximum Gasteiger partial charge on any atom is 0.171 e. The molecular weight excluding hydrogens is 188 g/mol. The topological polar surface area (TPSA) is 24.4 Å². The average molecular weight is 196 g/mol. The Balaban J connectivity index is 2.35. The minimum absolute atomic E-state index is 0.971. The molecule has 62 valence electrons. The van der Waals surface area contributed by atoms with Crippen LogP contribution >= 0.6 is 21.6 Å². The summed E-state index contributed by atoms with van der Waals surface area (Å²) in [5.74, 6) is 0. The molecule has 0 fully saturated rings. The van der Waals surface area contributed by atoms with Gasteiger partial charge in [0.05, 0.1) is 5.69 Å². The van der Waals surface area contributed by atoms with Crippen molar-refractivity contribution in [2.24, 2.45) is 4.99 Å². The Hall–Kier alpha value is -0.610. The summed E-state index contributed by atoms with van der Waals surface area (Å²) in [5, 5.41) is 4.21. The zero-order valence-corrected chi connectivity index (χ0v) is 8.21. The van der Waals surface area contributed by atoms with Gasteiger partial charge in [0.15, 0.2) is 5.17 Å². The van der Waals surface area contributed by atoms with Crippen LogP contribution in [0, 0.1) is 0 Å². The number of fused-ring (bicyclic) bond motifs is 1. The van der Waals surface area contributed by atoms with E-state index in [0.717, 1.165) is 10.9 Å². The van der Waals surface area contributed by atoms with Gasteiger partial charge in [-0.2, -0.15) is 0 Å². The molecule has 1 aromatic rings. The van der Waals surface area contributed by atoms with Gasteiger partial charge in [0.1, 0.15) is 0 Å². The molecule has 2 rings (SSSR count). The summed E-state index contributed by atoms with van der Waals surface area (Å²) in [5.41, 5.74) is 1.15. The second kappa shape index (κ2) is 3.41. The van der Waals surface area contributed by atoms with Crippen LogP contribution in [-0.4, -0.2) is 12.2 Å². The molecule has 1 aliphatic heterocycles. The quantitative estimate of drug-likeness (QED) is 0.646. The summed E-state index contributed by atoms with van der Waals surface area (Å²) in [7, 11) is 5.20. The Kier molecular flexibility index (Phi) is 2.28. The van der Waals surface area contributed by atoms with Crippen molar-refractivity contribution in [2.45, 2.75) is 4.90 Å². The van der Waals surface area contributed by atoms with E-state index in [1.165, 1.54) is 4.90 Å². The normalized spacial score (nSPS) is 18.6. The van der Waals surface area contributed by atoms with E-state index in [0.29, 0.717) is 0 Å². The molecule has 0 amide bonds. The van der Waals surface area contributed by atoms with Gasteiger partial charge in [-0.3, -0.25) is 4.99 Å². The third-order valence-corrected chi connectivity index (χ3v) is 3.87. The standard InChI is InChI=1S/C8H8N2S2/c1-9-8-10-6-4-2-3-5-7(6)11-12-8/h2-5H,1H3,(H,9,10). The molecule has 0 atom stereocenters. The largest absolute Gasteiger partial charge is 0.333 e. The fourth-order valence-electron chi connectivity index (χ4n) is 0.956. The Morgan fingerprint density at radius 1 is 1.25 bits per heavy atom. The summed E-state index contributed by atoms with van der Waals surface area (Å²) < 4.78 is 0. The second-order valence-electron chi connectivity index (χ2n) is 2.32. The molecule has 0 aliphatic carbocycles. The van der Waals surface area contributed by atoms with Crippen LogP contribution in [0.1, 0.15) is 0 Å². The van der Waals surface area contributed by atoms with E-state index in [9.17, 15) is 0 Å². The van der Waals surface area contributed by atoms with Crippen molar-refractivity contribution in [3.8, 4) is 0 Å². The van der Waals surface area contributed by atoms with E-state index < -0.39 is 0 Å². The fraction of sp³-hybridized carbons (Fsp3) is 0.125. The number of amidine groups is 1. The highest BCUT2D eigenvalue weighted by molar-refractivity contribution is 8.82. The van der Waals surface area contributed by atoms with Gasteiger partial charge in [-0.15, -0.1) is 0 Å². The Bertz CT molecular complexity index is 323. The van der Waals surface area contributed by atoms with Crippen LogP contribution in [0.4, 0.5) is 5.69 Å². The molecule has 12 heavy (non-hydrogen) atoms. The van der Waals surface area contributed by atoms with Crippen molar-refractivity contribution < 1.29 is 0 Å². The van der Waals surface area contributed by atoms with E-state index in [4.69, 9.17) is 0 Å². The molecule has 4 heteroatoms. The van der Waals surface area contributed by atoms with E-state index in [-0.39, 0.29) is 0 Å². The number of para-hydroxylation sites is 1. The number of anilines is 1. The molecule has 1 heterocycles. The first-order valence-corrected chi connectivity index (χ1v) is 5.72. The molecule has 0 saturated carbocycles. The third-order valence-electron chi connectivity index (χ3n) is 1.54. The first-order chi connectivity index (χ1) is 5.90. The molecule has 2 nitrogen and oxygen atoms in total. The summed E-state index contributed by atoms with van der Waals surface area (Å²) in [6.07, 6.45) is 0. The molecule has 0 saturated heterocycles. The number of benzene rings is 1. The minimum Gasteiger partial charge on any atom is -0.333 e. The number of rotatable bonds is 0. The number of hydrogen-bond donors (Lipinski definition) is 1. The highest BCUT2D eigenvalue weighted by Gasteiger charge is 2.12. The lowest BCUT2D eigenvalue weighted by Gasteiger charge is -2.16. The number of hydrogen-bond acceptors (Lipinski definition) is 3. The number of nitrogens with one attached hydrogen (secondary N) is 1. The van der Waals surface area contributed by atoms with Gasteiger partial charge in [0.25, 0.3) is 0 Å². The van der Waals surface area contributed by atoms with Gasteiger partial charge in [0, 0.05) is 11.9 Å². The van der Waals surface area contributed by atoms with E-state index >= 15 is 0 Å². The molecule has 1 aliphatic rings. The highest BCUT2D eigenvalue weighted by atomic mass is 33.1. The van der Waals surface area contributed by atoms with Gasteiger partial charge >= 0.3 is 0 Å². The lowest BCUT2D eigenvalue weighted by atomic mass is 10.3. The van der Waals surface area contributed by atoms with Crippen molar-refractivity contribution in [3.63, 3.8) is 0 Å². The first-order valence-electron chi connectivity index (χ1n) is 3.57. The molecule has 0 radical (unpaired) electrons. The maximum absolute atomic E-state index is 4.09. The zero-order chi connectivity index (χ0) is 8.39. The lowest BCUT2D eigenvalue weighted by Crippen LogP contribution is -2.10. The van der Waals surface area contributed by atoms with Crippen LogP contribution in [0.25, 0.3) is 0 Å². The summed E-state index contributed by atoms with van der Waals surface area (Å²) >= 11 is 0. The molecular formula is C8H8N2S2. The smallest absolute Gasteiger partial charge is 0.171 e. The maximum atomic E-state index is 4.09. The molecule has 1 aromatic carbocycles. The summed E-state index contributed by atoms with van der Waals surface area (Å²) in [4.78, 5) is 5.37. The van der Waals surface area contributed by atoms with Crippen molar-refractivity contribution in [2.75, 3.05) is 12.4 Å². The second-order valence-corrected chi connectivity index (χ2v) is 4.48. The Morgan fingerprint density at radius 2 is 2.08 bits per heavy atom. The van der Waals surface area contributed by atoms with Gasteiger partial charge < -0.3 is 5.32 Å². The number of aliphatic imine (C=N–C) groups is 1. The van der Waals surface area contributed by atoms with Crippen LogP contribution < -0.4 is 5.32 Å². The van der Waals surface area contributed by atoms with Gasteiger partial charge in [-0.05, 0) is 33.7 Å². The highest BCUT2D eigenvalue weighted by Crippen LogP contribution is 2.41. The van der Waals surface area contributed by atoms with E-state index in [1.54, 1.807) is 28.6 Å². The summed E-state index contributed by atoms with van der Waals surface area (Å²) in [6, 6.07) is 8.23. The predicted molar refractivity (Wildman–Crippen MR) is 56.9 cm³/mol. The van der Waals surface area contributed by atoms with Gasteiger partial charge in [-0.25, -0.2) is 0 Å². The van der Waals surface area contributed by atoms with Crippen LogP contribution in [0.15, 0.2) is 34.2 Å². The number of nitrogens with zero attached hydrogens (tertiary/aromatic N) is 1. The molecule has 0 spiro atoms. The Morgan fingerprint density at radius 3 is 2.92 bits per heavy atom. The first kappa shape index (κ1) is 8.01. The molecule has 0 bridgehead atoms. The van der Waals surface area contributed by atoms with Gasteiger partial charge in [0.2, 0.25) is 0 Å². The minimum atomic E-state index is 0.971. The van der Waals surface area contributed by atoms with Crippen molar-refractivity contribution >= 4 is 32.4 Å². The third kappa shape index (κ3) is 1.44. The van der Waals surface area contributed by atoms with Crippen LogP contribution in [-0.2, 0) is 0 Å². The SMILES string of the molecule is CN=C1Nc2ccccc2SS1. The zero-order valence-electron chi connectivity index (χ0n) is 6.57. The predicted octanol–water partition coefficient (Wildman–Crippen LogP) is 2.84. The Labute approximate surface area is 79.2 Å². The van der Waals surface area contributed by atoms with E-state index in [2.05, 4.69) is 22.4 Å². The monoisotopic (exact) mass is 196 g/mol. The average Bonchev–Trinajstić information content (AvgIpc) is 2.17. The molecule has 0 aromatic heterocycles. The fourth-order valence-corrected chi connectivity index (χ4v) is 2.98. The van der Waals surface area contributed by atoms with Crippen molar-refractivity contribution in [1.29, 1.82) is 0 Å². The van der Waals surface area contributed by atoms with Gasteiger partial charge in [-0.1, -0.05) is 12.1 Å². The summed E-state index contributed by atoms with van der Waals surface area (Å²) in [6.45, 7) is 0. The van der Waals surface area contributed by atoms with Crippen molar-refractivity contribution in [3.05, 3.63) is 24.3 Å². The van der Waals surface area contributed by atoms with Crippen LogP contribution in [0.2, 0.25) is 0 Å². The van der Waals surface area contributed by atoms with Crippen LogP contribution in [0.5, 0.6) is 0 Å². The van der Waals surface area contributed by atoms with Crippen LogP contribution in [0.3, 0.4) is 0 Å². The van der Waals surface area contributed by atoms with Crippen molar-refractivity contribution in [1.82, 2.24) is 0 Å². The molecule has 1 N–H and O–H groups in total. The molecule has 0 unspecified atom stereocenters.